The van der Waals surface area contributed by atoms with Crippen LogP contribution in [0.4, 0.5) is 0 Å². The predicted octanol–water partition coefficient (Wildman–Crippen LogP) is 4.98. The van der Waals surface area contributed by atoms with Gasteiger partial charge in [-0.15, -0.1) is 0 Å². The summed E-state index contributed by atoms with van der Waals surface area (Å²) in [5.74, 6) is 0. The fraction of sp³-hybridized carbons (Fsp3) is 0.333. The van der Waals surface area contributed by atoms with Crippen LogP contribution in [-0.2, 0) is 0 Å². The van der Waals surface area contributed by atoms with E-state index < -0.39 is 0 Å². The quantitative estimate of drug-likeness (QED) is 0.324. The van der Waals surface area contributed by atoms with Crippen molar-refractivity contribution < 1.29 is 0 Å². The van der Waals surface area contributed by atoms with Gasteiger partial charge in [0.15, 0.2) is 0 Å². The molecule has 0 bridgehead atoms. The number of hydrogen-bond acceptors (Lipinski definition) is 0. The van der Waals surface area contributed by atoms with Gasteiger partial charge in [0, 0.05) is 0 Å². The Hall–Kier alpha value is -1.30. The van der Waals surface area contributed by atoms with Crippen LogP contribution < -0.4 is 0 Å². The SMILES string of the molecule is C=C(C)/C=C\C(=C/CC/C=C\C)C(=C)C. The maximum absolute atomic E-state index is 3.97. The second-order valence-electron chi connectivity index (χ2n) is 3.77. The zero-order valence-corrected chi connectivity index (χ0v) is 10.2. The van der Waals surface area contributed by atoms with Crippen LogP contribution in [0.3, 0.4) is 0 Å². The Morgan fingerprint density at radius 3 is 2.20 bits per heavy atom. The van der Waals surface area contributed by atoms with Crippen LogP contribution in [0, 0.1) is 0 Å². The Morgan fingerprint density at radius 1 is 1.07 bits per heavy atom. The lowest BCUT2D eigenvalue weighted by atomic mass is 10.1. The van der Waals surface area contributed by atoms with Gasteiger partial charge in [0.05, 0.1) is 0 Å². The zero-order valence-electron chi connectivity index (χ0n) is 10.2. The molecule has 15 heavy (non-hydrogen) atoms. The first kappa shape index (κ1) is 13.7. The molecule has 0 nitrogen and oxygen atoms in total. The first-order valence-corrected chi connectivity index (χ1v) is 5.38. The zero-order chi connectivity index (χ0) is 11.7. The highest BCUT2D eigenvalue weighted by Crippen LogP contribution is 2.11. The largest absolute Gasteiger partial charge is 0.0961 e. The predicted molar refractivity (Wildman–Crippen MR) is 70.9 cm³/mol. The summed E-state index contributed by atoms with van der Waals surface area (Å²) in [5, 5.41) is 0. The number of hydrogen-bond donors (Lipinski definition) is 0. The molecule has 0 atom stereocenters. The van der Waals surface area contributed by atoms with Crippen molar-refractivity contribution >= 4 is 0 Å². The van der Waals surface area contributed by atoms with Gasteiger partial charge < -0.3 is 0 Å². The summed E-state index contributed by atoms with van der Waals surface area (Å²) >= 11 is 0. The first-order valence-electron chi connectivity index (χ1n) is 5.38. The van der Waals surface area contributed by atoms with E-state index in [1.54, 1.807) is 0 Å². The van der Waals surface area contributed by atoms with Gasteiger partial charge in [-0.1, -0.05) is 54.7 Å². The summed E-state index contributed by atoms with van der Waals surface area (Å²) in [6.07, 6.45) is 12.7. The lowest BCUT2D eigenvalue weighted by molar-refractivity contribution is 1.04. The molecule has 0 heterocycles. The highest BCUT2D eigenvalue weighted by molar-refractivity contribution is 5.38. The van der Waals surface area contributed by atoms with Gasteiger partial charge in [0.1, 0.15) is 0 Å². The van der Waals surface area contributed by atoms with E-state index in [1.807, 2.05) is 26.8 Å². The van der Waals surface area contributed by atoms with Crippen LogP contribution in [-0.4, -0.2) is 0 Å². The van der Waals surface area contributed by atoms with E-state index >= 15 is 0 Å². The van der Waals surface area contributed by atoms with Gasteiger partial charge >= 0.3 is 0 Å². The minimum absolute atomic E-state index is 1.06. The van der Waals surface area contributed by atoms with E-state index in [0.717, 1.165) is 24.0 Å². The van der Waals surface area contributed by atoms with Gasteiger partial charge in [-0.2, -0.15) is 0 Å². The summed E-state index contributed by atoms with van der Waals surface area (Å²) in [5.41, 5.74) is 3.38. The van der Waals surface area contributed by atoms with Crippen molar-refractivity contribution in [1.29, 1.82) is 0 Å². The summed E-state index contributed by atoms with van der Waals surface area (Å²) in [6.45, 7) is 13.9. The van der Waals surface area contributed by atoms with Gasteiger partial charge in [-0.05, 0) is 39.2 Å². The minimum Gasteiger partial charge on any atom is -0.0961 e. The number of allylic oxidation sites excluding steroid dienone is 8. The fourth-order valence-electron chi connectivity index (χ4n) is 1.12. The molecule has 0 N–H and O–H groups in total. The third-order valence-electron chi connectivity index (χ3n) is 1.97. The molecule has 0 amide bonds. The maximum atomic E-state index is 3.97. The van der Waals surface area contributed by atoms with E-state index in [-0.39, 0.29) is 0 Å². The molecular formula is C15H22. The lowest BCUT2D eigenvalue weighted by Crippen LogP contribution is -1.80. The third-order valence-corrected chi connectivity index (χ3v) is 1.97. The van der Waals surface area contributed by atoms with Gasteiger partial charge in [-0.25, -0.2) is 0 Å². The average Bonchev–Trinajstić information content (AvgIpc) is 2.15. The van der Waals surface area contributed by atoms with Gasteiger partial charge in [-0.3, -0.25) is 0 Å². The summed E-state index contributed by atoms with van der Waals surface area (Å²) < 4.78 is 0. The van der Waals surface area contributed by atoms with Crippen LogP contribution in [0.25, 0.3) is 0 Å². The normalized spacial score (nSPS) is 12.6. The molecule has 0 aromatic heterocycles. The molecule has 0 unspecified atom stereocenters. The number of rotatable bonds is 6. The fourth-order valence-corrected chi connectivity index (χ4v) is 1.12. The Bertz CT molecular complexity index is 298. The van der Waals surface area contributed by atoms with Gasteiger partial charge in [0.25, 0.3) is 0 Å². The molecule has 0 spiro atoms. The van der Waals surface area contributed by atoms with Crippen LogP contribution in [0.1, 0.15) is 33.6 Å². The molecule has 0 radical (unpaired) electrons. The smallest absolute Gasteiger partial charge is 0.0273 e. The summed E-state index contributed by atoms with van der Waals surface area (Å²) in [6, 6.07) is 0. The minimum atomic E-state index is 1.06. The highest BCUT2D eigenvalue weighted by Gasteiger charge is 1.91. The van der Waals surface area contributed by atoms with Crippen molar-refractivity contribution in [1.82, 2.24) is 0 Å². The monoisotopic (exact) mass is 202 g/mol. The molecule has 0 heteroatoms. The van der Waals surface area contributed by atoms with E-state index in [9.17, 15) is 0 Å². The van der Waals surface area contributed by atoms with Crippen molar-refractivity contribution in [2.45, 2.75) is 33.6 Å². The first-order chi connectivity index (χ1) is 7.07. The highest BCUT2D eigenvalue weighted by atomic mass is 14.0. The Kier molecular flexibility index (Phi) is 7.35. The average molecular weight is 202 g/mol. The molecule has 0 fully saturated rings. The van der Waals surface area contributed by atoms with Crippen molar-refractivity contribution in [2.75, 3.05) is 0 Å². The molecule has 0 aliphatic carbocycles. The third kappa shape index (κ3) is 7.75. The molecule has 0 rings (SSSR count). The van der Waals surface area contributed by atoms with Crippen molar-refractivity contribution in [3.05, 3.63) is 60.3 Å². The van der Waals surface area contributed by atoms with E-state index in [1.165, 1.54) is 5.57 Å². The van der Waals surface area contributed by atoms with Crippen LogP contribution in [0.2, 0.25) is 0 Å². The van der Waals surface area contributed by atoms with Crippen molar-refractivity contribution in [3.63, 3.8) is 0 Å². The summed E-state index contributed by atoms with van der Waals surface area (Å²) in [4.78, 5) is 0. The summed E-state index contributed by atoms with van der Waals surface area (Å²) in [7, 11) is 0. The molecule has 0 aromatic carbocycles. The topological polar surface area (TPSA) is 0 Å². The lowest BCUT2D eigenvalue weighted by Gasteiger charge is -2.00. The Labute approximate surface area is 94.4 Å². The second kappa shape index (κ2) is 8.05. The second-order valence-corrected chi connectivity index (χ2v) is 3.77. The molecule has 0 aromatic rings. The molecule has 0 saturated heterocycles. The van der Waals surface area contributed by atoms with Crippen LogP contribution >= 0.6 is 0 Å². The van der Waals surface area contributed by atoms with Gasteiger partial charge in [0.2, 0.25) is 0 Å². The molecule has 82 valence electrons. The van der Waals surface area contributed by atoms with Crippen molar-refractivity contribution in [2.24, 2.45) is 0 Å². The molecule has 0 aliphatic rings. The Morgan fingerprint density at radius 2 is 1.73 bits per heavy atom. The van der Waals surface area contributed by atoms with Crippen molar-refractivity contribution in [3.8, 4) is 0 Å². The maximum Gasteiger partial charge on any atom is -0.0273 e. The molecule has 0 saturated carbocycles. The molecular weight excluding hydrogens is 180 g/mol. The number of unbranched alkanes of at least 4 members (excludes halogenated alkanes) is 1. The van der Waals surface area contributed by atoms with Crippen LogP contribution in [0.5, 0.6) is 0 Å². The Balaban J connectivity index is 4.38. The van der Waals surface area contributed by atoms with E-state index in [4.69, 9.17) is 0 Å². The molecule has 0 aliphatic heterocycles. The van der Waals surface area contributed by atoms with Crippen LogP contribution in [0.15, 0.2) is 60.3 Å². The van der Waals surface area contributed by atoms with E-state index in [0.29, 0.717) is 0 Å². The van der Waals surface area contributed by atoms with E-state index in [2.05, 4.69) is 37.5 Å². The standard InChI is InChI=1S/C15H22/c1-6-7-8-9-10-15(14(4)5)12-11-13(2)3/h6-7,10-12H,2,4,8-9H2,1,3,5H3/b7-6-,12-11-,15-10+.